The molecular weight excluding hydrogens is 222 g/mol. The zero-order chi connectivity index (χ0) is 12.3. The highest BCUT2D eigenvalue weighted by molar-refractivity contribution is 5.29. The van der Waals surface area contributed by atoms with E-state index in [-0.39, 0.29) is 12.1 Å². The Bertz CT molecular complexity index is 346. The van der Waals surface area contributed by atoms with Gasteiger partial charge in [0.15, 0.2) is 0 Å². The molecule has 1 aromatic rings. The molecule has 0 aromatic heterocycles. The van der Waals surface area contributed by atoms with Crippen LogP contribution in [0.1, 0.15) is 24.0 Å². The van der Waals surface area contributed by atoms with Gasteiger partial charge >= 0.3 is 6.18 Å². The van der Waals surface area contributed by atoms with Crippen LogP contribution in [0.25, 0.3) is 0 Å². The van der Waals surface area contributed by atoms with Gasteiger partial charge in [0.1, 0.15) is 6.17 Å². The third-order valence-corrected chi connectivity index (χ3v) is 2.45. The first-order valence-corrected chi connectivity index (χ1v) is 4.87. The van der Waals surface area contributed by atoms with E-state index in [0.29, 0.717) is 0 Å². The quantitative estimate of drug-likeness (QED) is 0.800. The highest BCUT2D eigenvalue weighted by atomic mass is 19.4. The molecule has 0 bridgehead atoms. The van der Waals surface area contributed by atoms with Gasteiger partial charge in [0.05, 0.1) is 5.56 Å². The number of benzene rings is 1. The van der Waals surface area contributed by atoms with Crippen molar-refractivity contribution in [2.75, 3.05) is 6.54 Å². The standard InChI is InChI=1S/C11H13F4N/c1-7(12)10(6-16)8-3-2-4-9(5-8)11(13,14)15/h2-5,7,10H,6,16H2,1H3. The molecule has 2 unspecified atom stereocenters. The third-order valence-electron chi connectivity index (χ3n) is 2.45. The van der Waals surface area contributed by atoms with E-state index in [2.05, 4.69) is 0 Å². The summed E-state index contributed by atoms with van der Waals surface area (Å²) in [5.41, 5.74) is 4.85. The Morgan fingerprint density at radius 2 is 1.94 bits per heavy atom. The van der Waals surface area contributed by atoms with Crippen molar-refractivity contribution in [2.45, 2.75) is 25.2 Å². The van der Waals surface area contributed by atoms with Crippen molar-refractivity contribution >= 4 is 0 Å². The second-order valence-electron chi connectivity index (χ2n) is 3.64. The lowest BCUT2D eigenvalue weighted by Crippen LogP contribution is -2.21. The third kappa shape index (κ3) is 2.95. The van der Waals surface area contributed by atoms with Crippen molar-refractivity contribution in [1.29, 1.82) is 0 Å². The first-order chi connectivity index (χ1) is 7.36. The maximum atomic E-state index is 13.1. The maximum Gasteiger partial charge on any atom is 0.416 e. The zero-order valence-corrected chi connectivity index (χ0v) is 8.76. The molecule has 0 saturated carbocycles. The van der Waals surface area contributed by atoms with Gasteiger partial charge in [0.25, 0.3) is 0 Å². The smallest absolute Gasteiger partial charge is 0.330 e. The average Bonchev–Trinajstić information content (AvgIpc) is 2.17. The fourth-order valence-electron chi connectivity index (χ4n) is 1.53. The van der Waals surface area contributed by atoms with Crippen LogP contribution in [-0.2, 0) is 6.18 Å². The summed E-state index contributed by atoms with van der Waals surface area (Å²) in [6, 6.07) is 4.64. The first-order valence-electron chi connectivity index (χ1n) is 4.87. The van der Waals surface area contributed by atoms with Gasteiger partial charge in [-0.2, -0.15) is 13.2 Å². The van der Waals surface area contributed by atoms with E-state index < -0.39 is 23.8 Å². The van der Waals surface area contributed by atoms with Crippen molar-refractivity contribution in [2.24, 2.45) is 5.73 Å². The Kier molecular flexibility index (Phi) is 3.91. The van der Waals surface area contributed by atoms with Crippen LogP contribution in [0.2, 0.25) is 0 Å². The second-order valence-corrected chi connectivity index (χ2v) is 3.64. The molecule has 0 aliphatic carbocycles. The Labute approximate surface area is 91.3 Å². The lowest BCUT2D eigenvalue weighted by atomic mass is 9.94. The summed E-state index contributed by atoms with van der Waals surface area (Å²) >= 11 is 0. The van der Waals surface area contributed by atoms with Gasteiger partial charge in [-0.3, -0.25) is 0 Å². The predicted octanol–water partition coefficient (Wildman–Crippen LogP) is 3.11. The molecule has 16 heavy (non-hydrogen) atoms. The molecule has 2 N–H and O–H groups in total. The van der Waals surface area contributed by atoms with Crippen molar-refractivity contribution in [3.8, 4) is 0 Å². The lowest BCUT2D eigenvalue weighted by Gasteiger charge is -2.18. The molecule has 1 nitrogen and oxygen atoms in total. The van der Waals surface area contributed by atoms with E-state index in [9.17, 15) is 17.6 Å². The Morgan fingerprint density at radius 1 is 1.31 bits per heavy atom. The fraction of sp³-hybridized carbons (Fsp3) is 0.455. The van der Waals surface area contributed by atoms with Gasteiger partial charge < -0.3 is 5.73 Å². The topological polar surface area (TPSA) is 26.0 Å². The van der Waals surface area contributed by atoms with Crippen LogP contribution in [0.4, 0.5) is 17.6 Å². The predicted molar refractivity (Wildman–Crippen MR) is 53.8 cm³/mol. The van der Waals surface area contributed by atoms with Gasteiger partial charge in [0.2, 0.25) is 0 Å². The highest BCUT2D eigenvalue weighted by Crippen LogP contribution is 2.31. The van der Waals surface area contributed by atoms with Crippen molar-refractivity contribution in [3.05, 3.63) is 35.4 Å². The van der Waals surface area contributed by atoms with E-state index in [1.807, 2.05) is 0 Å². The molecule has 0 aliphatic rings. The van der Waals surface area contributed by atoms with Crippen molar-refractivity contribution in [3.63, 3.8) is 0 Å². The molecule has 5 heteroatoms. The lowest BCUT2D eigenvalue weighted by molar-refractivity contribution is -0.137. The largest absolute Gasteiger partial charge is 0.416 e. The minimum Gasteiger partial charge on any atom is -0.330 e. The number of rotatable bonds is 3. The Morgan fingerprint density at radius 3 is 2.38 bits per heavy atom. The molecule has 0 aliphatic heterocycles. The van der Waals surface area contributed by atoms with E-state index in [0.717, 1.165) is 12.1 Å². The number of alkyl halides is 4. The van der Waals surface area contributed by atoms with Gasteiger partial charge in [-0.25, -0.2) is 4.39 Å². The number of hydrogen-bond acceptors (Lipinski definition) is 1. The van der Waals surface area contributed by atoms with Crippen molar-refractivity contribution < 1.29 is 17.6 Å². The summed E-state index contributed by atoms with van der Waals surface area (Å²) in [5.74, 6) is -0.692. The number of hydrogen-bond donors (Lipinski definition) is 1. The normalized spacial score (nSPS) is 15.9. The molecule has 0 fully saturated rings. The van der Waals surface area contributed by atoms with Crippen LogP contribution in [0.3, 0.4) is 0 Å². The Hall–Kier alpha value is -1.10. The van der Waals surface area contributed by atoms with Gasteiger partial charge in [-0.05, 0) is 18.6 Å². The number of halogens is 4. The summed E-state index contributed by atoms with van der Waals surface area (Å²) < 4.78 is 50.4. The zero-order valence-electron chi connectivity index (χ0n) is 8.76. The van der Waals surface area contributed by atoms with Gasteiger partial charge in [0, 0.05) is 12.5 Å². The van der Waals surface area contributed by atoms with E-state index >= 15 is 0 Å². The monoisotopic (exact) mass is 235 g/mol. The van der Waals surface area contributed by atoms with Crippen LogP contribution < -0.4 is 5.73 Å². The summed E-state index contributed by atoms with van der Waals surface area (Å²) in [5, 5.41) is 0. The molecule has 0 saturated heterocycles. The minimum absolute atomic E-state index is 0.0149. The second kappa shape index (κ2) is 4.82. The van der Waals surface area contributed by atoms with E-state index in [1.165, 1.54) is 19.1 Å². The molecule has 90 valence electrons. The number of nitrogens with two attached hydrogens (primary N) is 1. The van der Waals surface area contributed by atoms with Crippen LogP contribution in [0, 0.1) is 0 Å². The fourth-order valence-corrected chi connectivity index (χ4v) is 1.53. The first kappa shape index (κ1) is 13.0. The SMILES string of the molecule is CC(F)C(CN)c1cccc(C(F)(F)F)c1. The summed E-state index contributed by atoms with van der Waals surface area (Å²) in [7, 11) is 0. The molecule has 1 rings (SSSR count). The molecule has 0 radical (unpaired) electrons. The molecule has 2 atom stereocenters. The summed E-state index contributed by atoms with van der Waals surface area (Å²) in [6.45, 7) is 1.27. The average molecular weight is 235 g/mol. The van der Waals surface area contributed by atoms with E-state index in [1.54, 1.807) is 0 Å². The molecule has 0 heterocycles. The van der Waals surface area contributed by atoms with Gasteiger partial charge in [-0.1, -0.05) is 18.2 Å². The van der Waals surface area contributed by atoms with Crippen LogP contribution in [0.5, 0.6) is 0 Å². The van der Waals surface area contributed by atoms with Crippen LogP contribution in [-0.4, -0.2) is 12.7 Å². The minimum atomic E-state index is -4.41. The molecule has 1 aromatic carbocycles. The highest BCUT2D eigenvalue weighted by Gasteiger charge is 2.31. The summed E-state index contributed by atoms with van der Waals surface area (Å²) in [6.07, 6.45) is -5.68. The maximum absolute atomic E-state index is 13.1. The molecule has 0 spiro atoms. The van der Waals surface area contributed by atoms with Crippen LogP contribution >= 0.6 is 0 Å². The van der Waals surface area contributed by atoms with Crippen LogP contribution in [0.15, 0.2) is 24.3 Å². The van der Waals surface area contributed by atoms with Gasteiger partial charge in [-0.15, -0.1) is 0 Å². The molecule has 0 amide bonds. The Balaban J connectivity index is 3.07. The van der Waals surface area contributed by atoms with Crippen molar-refractivity contribution in [1.82, 2.24) is 0 Å². The molecular formula is C11H13F4N. The summed E-state index contributed by atoms with van der Waals surface area (Å²) in [4.78, 5) is 0. The van der Waals surface area contributed by atoms with E-state index in [4.69, 9.17) is 5.73 Å².